The number of hydrogen-bond donors (Lipinski definition) is 0. The zero-order valence-electron chi connectivity index (χ0n) is 16.0. The van der Waals surface area contributed by atoms with E-state index in [9.17, 15) is 4.79 Å². The number of amides is 1. The molecule has 0 aromatic carbocycles. The first-order valence-electron chi connectivity index (χ1n) is 9.79. The van der Waals surface area contributed by atoms with Crippen LogP contribution in [-0.2, 0) is 17.9 Å². The smallest absolute Gasteiger partial charge is 0.222 e. The summed E-state index contributed by atoms with van der Waals surface area (Å²) < 4.78 is 0. The molecule has 1 spiro atoms. The first-order valence-corrected chi connectivity index (χ1v) is 9.79. The van der Waals surface area contributed by atoms with Crippen LogP contribution in [0, 0.1) is 12.3 Å². The van der Waals surface area contributed by atoms with E-state index in [1.54, 1.807) is 6.20 Å². The van der Waals surface area contributed by atoms with Gasteiger partial charge in [0.15, 0.2) is 0 Å². The highest BCUT2D eigenvalue weighted by molar-refractivity contribution is 5.77. The lowest BCUT2D eigenvalue weighted by molar-refractivity contribution is -0.140. The predicted molar refractivity (Wildman–Crippen MR) is 103 cm³/mol. The van der Waals surface area contributed by atoms with E-state index in [4.69, 9.17) is 0 Å². The van der Waals surface area contributed by atoms with Gasteiger partial charge in [-0.1, -0.05) is 6.07 Å². The van der Waals surface area contributed by atoms with Crippen molar-refractivity contribution in [2.75, 3.05) is 19.6 Å². The SMILES string of the molecule is Cc1ncc(CN2CCC[C@]3(CCC(=O)N(Cc4cccnc4)C3)C2)cn1. The Morgan fingerprint density at radius 2 is 1.93 bits per heavy atom. The van der Waals surface area contributed by atoms with Crippen LogP contribution in [-0.4, -0.2) is 50.3 Å². The molecule has 2 fully saturated rings. The predicted octanol–water partition coefficient (Wildman–Crippen LogP) is 2.58. The topological polar surface area (TPSA) is 62.2 Å². The van der Waals surface area contributed by atoms with Gasteiger partial charge in [-0.3, -0.25) is 14.7 Å². The zero-order valence-corrected chi connectivity index (χ0v) is 16.0. The first-order chi connectivity index (χ1) is 13.1. The van der Waals surface area contributed by atoms with E-state index >= 15 is 0 Å². The normalized spacial score (nSPS) is 23.7. The molecule has 0 aliphatic carbocycles. The van der Waals surface area contributed by atoms with Crippen molar-refractivity contribution < 1.29 is 4.79 Å². The van der Waals surface area contributed by atoms with Crippen molar-refractivity contribution in [1.29, 1.82) is 0 Å². The van der Waals surface area contributed by atoms with Gasteiger partial charge in [0.1, 0.15) is 5.82 Å². The van der Waals surface area contributed by atoms with Crippen LogP contribution in [0.5, 0.6) is 0 Å². The molecule has 2 aliphatic rings. The quantitative estimate of drug-likeness (QED) is 0.833. The molecule has 2 aromatic rings. The molecule has 1 amide bonds. The zero-order chi connectivity index (χ0) is 18.7. The lowest BCUT2D eigenvalue weighted by atomic mass is 9.73. The average Bonchev–Trinajstić information content (AvgIpc) is 2.68. The number of pyridine rings is 1. The van der Waals surface area contributed by atoms with Gasteiger partial charge >= 0.3 is 0 Å². The Hall–Kier alpha value is -2.34. The second kappa shape index (κ2) is 7.72. The lowest BCUT2D eigenvalue weighted by Gasteiger charge is -2.48. The average molecular weight is 365 g/mol. The van der Waals surface area contributed by atoms with Gasteiger partial charge < -0.3 is 4.90 Å². The van der Waals surface area contributed by atoms with Crippen LogP contribution in [0.25, 0.3) is 0 Å². The van der Waals surface area contributed by atoms with Gasteiger partial charge in [0.05, 0.1) is 0 Å². The number of likely N-dealkylation sites (tertiary alicyclic amines) is 2. The standard InChI is InChI=1S/C21H27N5O/c1-17-23-11-19(12-24-17)13-25-9-3-6-21(15-25)7-5-20(27)26(16-21)14-18-4-2-8-22-10-18/h2,4,8,10-12H,3,5-7,9,13-16H2,1H3/t21-/m0/s1. The van der Waals surface area contributed by atoms with Crippen LogP contribution in [0.15, 0.2) is 36.9 Å². The van der Waals surface area contributed by atoms with Crippen LogP contribution in [0.3, 0.4) is 0 Å². The molecule has 1 atom stereocenters. The van der Waals surface area contributed by atoms with Crippen LogP contribution < -0.4 is 0 Å². The second-order valence-electron chi connectivity index (χ2n) is 8.06. The molecule has 2 saturated heterocycles. The van der Waals surface area contributed by atoms with Crippen LogP contribution in [0.2, 0.25) is 0 Å². The maximum atomic E-state index is 12.5. The Kier molecular flexibility index (Phi) is 5.16. The summed E-state index contributed by atoms with van der Waals surface area (Å²) in [5.41, 5.74) is 2.48. The van der Waals surface area contributed by atoms with Crippen molar-refractivity contribution in [2.45, 2.75) is 45.7 Å². The minimum atomic E-state index is 0.208. The third kappa shape index (κ3) is 4.33. The largest absolute Gasteiger partial charge is 0.338 e. The Balaban J connectivity index is 1.43. The highest BCUT2D eigenvalue weighted by atomic mass is 16.2. The third-order valence-electron chi connectivity index (χ3n) is 5.83. The van der Waals surface area contributed by atoms with Crippen molar-refractivity contribution in [1.82, 2.24) is 24.8 Å². The van der Waals surface area contributed by atoms with Crippen LogP contribution in [0.4, 0.5) is 0 Å². The van der Waals surface area contributed by atoms with Gasteiger partial charge in [-0.15, -0.1) is 0 Å². The summed E-state index contributed by atoms with van der Waals surface area (Å²) in [4.78, 5) is 29.9. The Bertz CT molecular complexity index is 779. The van der Waals surface area contributed by atoms with Crippen molar-refractivity contribution in [3.8, 4) is 0 Å². The van der Waals surface area contributed by atoms with Gasteiger partial charge in [0.2, 0.25) is 5.91 Å². The number of nitrogens with zero attached hydrogens (tertiary/aromatic N) is 5. The Morgan fingerprint density at radius 3 is 2.70 bits per heavy atom. The number of piperidine rings is 2. The maximum Gasteiger partial charge on any atom is 0.222 e. The molecule has 142 valence electrons. The van der Waals surface area contributed by atoms with Crippen LogP contribution >= 0.6 is 0 Å². The first kappa shape index (κ1) is 18.0. The monoisotopic (exact) mass is 365 g/mol. The summed E-state index contributed by atoms with van der Waals surface area (Å²) >= 11 is 0. The van der Waals surface area contributed by atoms with Gasteiger partial charge in [0, 0.05) is 68.4 Å². The fraction of sp³-hybridized carbons (Fsp3) is 0.524. The summed E-state index contributed by atoms with van der Waals surface area (Å²) in [5.74, 6) is 1.08. The molecule has 6 nitrogen and oxygen atoms in total. The number of carbonyl (C=O) groups is 1. The number of rotatable bonds is 4. The van der Waals surface area contributed by atoms with Gasteiger partial charge in [0.25, 0.3) is 0 Å². The summed E-state index contributed by atoms with van der Waals surface area (Å²) in [6.07, 6.45) is 11.5. The molecule has 0 radical (unpaired) electrons. The third-order valence-corrected chi connectivity index (χ3v) is 5.83. The molecule has 0 bridgehead atoms. The van der Waals surface area contributed by atoms with Gasteiger partial charge in [-0.05, 0) is 44.4 Å². The fourth-order valence-corrected chi connectivity index (χ4v) is 4.50. The van der Waals surface area contributed by atoms with E-state index in [1.165, 1.54) is 12.8 Å². The lowest BCUT2D eigenvalue weighted by Crippen LogP contribution is -2.53. The highest BCUT2D eigenvalue weighted by Crippen LogP contribution is 2.39. The summed E-state index contributed by atoms with van der Waals surface area (Å²) in [6.45, 7) is 6.46. The molecular weight excluding hydrogens is 338 g/mol. The molecular formula is C21H27N5O. The number of aromatic nitrogens is 3. The molecule has 6 heteroatoms. The molecule has 27 heavy (non-hydrogen) atoms. The molecule has 2 aliphatic heterocycles. The minimum absolute atomic E-state index is 0.208. The Labute approximate surface area is 160 Å². The van der Waals surface area contributed by atoms with Crippen molar-refractivity contribution in [3.05, 3.63) is 53.9 Å². The van der Waals surface area contributed by atoms with E-state index in [-0.39, 0.29) is 11.3 Å². The summed E-state index contributed by atoms with van der Waals surface area (Å²) in [6, 6.07) is 3.98. The number of carbonyl (C=O) groups excluding carboxylic acids is 1. The van der Waals surface area contributed by atoms with Crippen molar-refractivity contribution in [2.24, 2.45) is 5.41 Å². The van der Waals surface area contributed by atoms with Crippen molar-refractivity contribution in [3.63, 3.8) is 0 Å². The highest BCUT2D eigenvalue weighted by Gasteiger charge is 2.41. The molecule has 4 heterocycles. The molecule has 0 saturated carbocycles. The van der Waals surface area contributed by atoms with E-state index in [0.717, 1.165) is 49.6 Å². The van der Waals surface area contributed by atoms with Gasteiger partial charge in [-0.25, -0.2) is 9.97 Å². The van der Waals surface area contributed by atoms with E-state index < -0.39 is 0 Å². The van der Waals surface area contributed by atoms with Gasteiger partial charge in [-0.2, -0.15) is 0 Å². The minimum Gasteiger partial charge on any atom is -0.338 e. The van der Waals surface area contributed by atoms with E-state index in [0.29, 0.717) is 13.0 Å². The number of hydrogen-bond acceptors (Lipinski definition) is 5. The molecule has 0 unspecified atom stereocenters. The molecule has 4 rings (SSSR count). The maximum absolute atomic E-state index is 12.5. The number of aryl methyl sites for hydroxylation is 1. The van der Waals surface area contributed by atoms with E-state index in [1.807, 2.05) is 42.5 Å². The van der Waals surface area contributed by atoms with Crippen LogP contribution in [0.1, 0.15) is 42.6 Å². The van der Waals surface area contributed by atoms with E-state index in [2.05, 4.69) is 19.9 Å². The Morgan fingerprint density at radius 1 is 1.07 bits per heavy atom. The second-order valence-corrected chi connectivity index (χ2v) is 8.06. The fourth-order valence-electron chi connectivity index (χ4n) is 4.50. The molecule has 2 aromatic heterocycles. The van der Waals surface area contributed by atoms with Crippen molar-refractivity contribution >= 4 is 5.91 Å². The summed E-state index contributed by atoms with van der Waals surface area (Å²) in [7, 11) is 0. The molecule has 0 N–H and O–H groups in total. The summed E-state index contributed by atoms with van der Waals surface area (Å²) in [5, 5.41) is 0.